The number of hydrogen-bond acceptors (Lipinski definition) is 9. The average Bonchev–Trinajstić information content (AvgIpc) is 3.56. The van der Waals surface area contributed by atoms with Gasteiger partial charge in [0.15, 0.2) is 5.82 Å². The summed E-state index contributed by atoms with van der Waals surface area (Å²) >= 11 is 6.75. The van der Waals surface area contributed by atoms with Crippen molar-refractivity contribution in [1.82, 2.24) is 19.6 Å². The quantitative estimate of drug-likeness (QED) is 0.470. The van der Waals surface area contributed by atoms with Crippen LogP contribution in [-0.4, -0.2) is 63.1 Å². The molecule has 0 radical (unpaired) electrons. The second-order valence-electron chi connectivity index (χ2n) is 7.88. The van der Waals surface area contributed by atoms with Gasteiger partial charge in [-0.15, -0.1) is 4.52 Å². The maximum atomic E-state index is 9.58. The van der Waals surface area contributed by atoms with Crippen molar-refractivity contribution in [3.05, 3.63) is 40.3 Å². The van der Waals surface area contributed by atoms with Gasteiger partial charge in [0.05, 0.1) is 53.5 Å². The van der Waals surface area contributed by atoms with E-state index in [4.69, 9.17) is 22.9 Å². The minimum atomic E-state index is -0.327. The van der Waals surface area contributed by atoms with Gasteiger partial charge in [-0.1, -0.05) is 23.3 Å². The molecule has 0 bridgehead atoms. The fourth-order valence-corrected chi connectivity index (χ4v) is 3.96. The van der Waals surface area contributed by atoms with E-state index >= 15 is 0 Å². The highest BCUT2D eigenvalue weighted by Gasteiger charge is 2.26. The molecule has 1 aliphatic carbocycles. The van der Waals surface area contributed by atoms with Gasteiger partial charge in [-0.3, -0.25) is 0 Å². The first-order valence-corrected chi connectivity index (χ1v) is 10.8. The van der Waals surface area contributed by atoms with Crippen LogP contribution >= 0.6 is 11.6 Å². The van der Waals surface area contributed by atoms with Crippen LogP contribution in [0.4, 0.5) is 29.0 Å². The second kappa shape index (κ2) is 8.71. The molecule has 2 fully saturated rings. The van der Waals surface area contributed by atoms with Gasteiger partial charge in [-0.05, 0) is 25.0 Å². The lowest BCUT2D eigenvalue weighted by Crippen LogP contribution is -2.44. The number of anilines is 4. The Balaban J connectivity index is 1.53. The highest BCUT2D eigenvalue weighted by atomic mass is 35.5. The molecule has 0 amide bonds. The van der Waals surface area contributed by atoms with Gasteiger partial charge >= 0.3 is 0 Å². The molecule has 1 atom stereocenters. The van der Waals surface area contributed by atoms with Gasteiger partial charge in [0, 0.05) is 19.1 Å². The molecule has 168 valence electrons. The summed E-state index contributed by atoms with van der Waals surface area (Å²) in [6.45, 7) is 8.76. The largest absolute Gasteiger partial charge is 0.394 e. The van der Waals surface area contributed by atoms with Crippen LogP contribution in [0.2, 0.25) is 5.02 Å². The Bertz CT molecular complexity index is 1290. The van der Waals surface area contributed by atoms with Gasteiger partial charge in [-0.2, -0.15) is 10.2 Å². The van der Waals surface area contributed by atoms with Crippen molar-refractivity contribution < 1.29 is 9.84 Å². The highest BCUT2D eigenvalue weighted by molar-refractivity contribution is 6.36. The first kappa shape index (κ1) is 21.2. The number of ether oxygens (including phenoxy) is 1. The van der Waals surface area contributed by atoms with Crippen LogP contribution in [0.25, 0.3) is 10.5 Å². The van der Waals surface area contributed by atoms with Crippen molar-refractivity contribution >= 4 is 46.2 Å². The molecule has 12 heteroatoms. The van der Waals surface area contributed by atoms with E-state index in [1.54, 1.807) is 12.1 Å². The number of aliphatic hydroxyl groups excluding tert-OH is 1. The molecule has 3 N–H and O–H groups in total. The molecule has 0 spiro atoms. The van der Waals surface area contributed by atoms with Crippen LogP contribution in [0.5, 0.6) is 0 Å². The van der Waals surface area contributed by atoms with Gasteiger partial charge in [0.2, 0.25) is 0 Å². The lowest BCUT2D eigenvalue weighted by Gasteiger charge is -2.34. The predicted octanol–water partition coefficient (Wildman–Crippen LogP) is 2.72. The van der Waals surface area contributed by atoms with Crippen LogP contribution in [0, 0.1) is 17.9 Å². The minimum Gasteiger partial charge on any atom is -0.394 e. The summed E-state index contributed by atoms with van der Waals surface area (Å²) in [5.41, 5.74) is 1.99. The number of aliphatic hydroxyl groups is 1. The smallest absolute Gasteiger partial charge is 0.275 e. The van der Waals surface area contributed by atoms with Crippen LogP contribution in [-0.2, 0) is 4.74 Å². The number of nitriles is 1. The number of nitrogens with zero attached hydrogens (tertiary/aromatic N) is 7. The summed E-state index contributed by atoms with van der Waals surface area (Å²) in [5, 5.41) is 30.3. The molecular weight excluding hydrogens is 446 g/mol. The molecule has 2 aromatic heterocycles. The van der Waals surface area contributed by atoms with E-state index in [0.717, 1.165) is 12.8 Å². The summed E-state index contributed by atoms with van der Waals surface area (Å²) in [6.07, 6.45) is 3.22. The lowest BCUT2D eigenvalue weighted by molar-refractivity contribution is 0.00357. The van der Waals surface area contributed by atoms with Crippen molar-refractivity contribution in [2.45, 2.75) is 25.0 Å². The summed E-state index contributed by atoms with van der Waals surface area (Å²) in [6, 6.07) is 5.82. The molecule has 5 rings (SSSR count). The fourth-order valence-electron chi connectivity index (χ4n) is 3.68. The topological polar surface area (TPSA) is 128 Å². The zero-order valence-corrected chi connectivity index (χ0v) is 18.2. The molecule has 2 aliphatic rings. The Labute approximate surface area is 194 Å². The zero-order chi connectivity index (χ0) is 22.9. The maximum Gasteiger partial charge on any atom is 0.275 e. The van der Waals surface area contributed by atoms with Gasteiger partial charge < -0.3 is 30.2 Å². The Hall–Kier alpha value is -3.64. The third kappa shape index (κ3) is 4.22. The molecule has 1 saturated heterocycles. The number of benzene rings is 1. The molecule has 1 saturated carbocycles. The first-order valence-electron chi connectivity index (χ1n) is 10.5. The van der Waals surface area contributed by atoms with Crippen molar-refractivity contribution in [3.63, 3.8) is 0 Å². The SMILES string of the molecule is [C-]#[N+]c1cnc2c(NC3CC3)nc(Nc3cc(C#N)cc(N4CCOC(CO)C4)c3Cl)nn12. The molecular formula is C21H20ClN9O2. The third-order valence-electron chi connectivity index (χ3n) is 5.49. The zero-order valence-electron chi connectivity index (χ0n) is 17.5. The van der Waals surface area contributed by atoms with Crippen LogP contribution in [0.15, 0.2) is 18.3 Å². The normalized spacial score (nSPS) is 18.1. The van der Waals surface area contributed by atoms with E-state index in [0.29, 0.717) is 59.2 Å². The monoisotopic (exact) mass is 465 g/mol. The number of morpholine rings is 1. The van der Waals surface area contributed by atoms with Gasteiger partial charge in [-0.25, -0.2) is 4.98 Å². The van der Waals surface area contributed by atoms with Crippen molar-refractivity contribution in [1.29, 1.82) is 5.26 Å². The van der Waals surface area contributed by atoms with E-state index < -0.39 is 0 Å². The van der Waals surface area contributed by atoms with E-state index in [-0.39, 0.29) is 24.5 Å². The third-order valence-corrected chi connectivity index (χ3v) is 5.89. The average molecular weight is 466 g/mol. The second-order valence-corrected chi connectivity index (χ2v) is 8.26. The van der Waals surface area contributed by atoms with Crippen molar-refractivity contribution in [2.24, 2.45) is 0 Å². The fraction of sp³-hybridized carbons (Fsp3) is 0.381. The minimum absolute atomic E-state index is 0.101. The summed E-state index contributed by atoms with van der Waals surface area (Å²) in [5.74, 6) is 0.999. The van der Waals surface area contributed by atoms with Crippen molar-refractivity contribution in [2.75, 3.05) is 41.8 Å². The number of fused-ring (bicyclic) bond motifs is 1. The maximum absolute atomic E-state index is 9.58. The van der Waals surface area contributed by atoms with E-state index in [2.05, 4.69) is 36.6 Å². The Kier molecular flexibility index (Phi) is 5.60. The van der Waals surface area contributed by atoms with Crippen LogP contribution in [0.1, 0.15) is 18.4 Å². The lowest BCUT2D eigenvalue weighted by atomic mass is 10.1. The number of halogens is 1. The Morgan fingerprint density at radius 1 is 1.39 bits per heavy atom. The van der Waals surface area contributed by atoms with Crippen LogP contribution < -0.4 is 15.5 Å². The van der Waals surface area contributed by atoms with Gasteiger partial charge in [0.1, 0.15) is 0 Å². The molecule has 3 aromatic rings. The Morgan fingerprint density at radius 3 is 2.97 bits per heavy atom. The number of imidazole rings is 1. The van der Waals surface area contributed by atoms with Crippen molar-refractivity contribution in [3.8, 4) is 6.07 Å². The number of rotatable bonds is 6. The molecule has 33 heavy (non-hydrogen) atoms. The Morgan fingerprint density at radius 2 is 2.24 bits per heavy atom. The molecule has 1 unspecified atom stereocenters. The van der Waals surface area contributed by atoms with Gasteiger partial charge in [0.25, 0.3) is 17.4 Å². The number of hydrogen-bond donors (Lipinski definition) is 3. The molecule has 1 aromatic carbocycles. The standard InChI is InChI=1S/C21H20ClN9O2/c1-24-17-9-25-20-19(26-13-2-3-13)28-21(29-31(17)20)27-15-6-12(8-23)7-16(18(15)22)30-4-5-33-14(10-30)11-32/h6-7,9,13-14,32H,2-5,10-11H2,(H2,26,27,28,29). The summed E-state index contributed by atoms with van der Waals surface area (Å²) in [4.78, 5) is 14.3. The van der Waals surface area contributed by atoms with E-state index in [9.17, 15) is 10.4 Å². The first-order chi connectivity index (χ1) is 16.1. The molecule has 3 heterocycles. The molecule has 1 aliphatic heterocycles. The van der Waals surface area contributed by atoms with Crippen LogP contribution in [0.3, 0.4) is 0 Å². The number of nitrogens with one attached hydrogen (secondary N) is 2. The molecule has 11 nitrogen and oxygen atoms in total. The predicted molar refractivity (Wildman–Crippen MR) is 122 cm³/mol. The van der Waals surface area contributed by atoms with E-state index in [1.165, 1.54) is 10.7 Å². The highest BCUT2D eigenvalue weighted by Crippen LogP contribution is 2.37. The summed E-state index contributed by atoms with van der Waals surface area (Å²) in [7, 11) is 0. The van der Waals surface area contributed by atoms with E-state index in [1.807, 2.05) is 4.90 Å². The number of aromatic nitrogens is 4. The summed E-state index contributed by atoms with van der Waals surface area (Å²) < 4.78 is 6.97.